The molecule has 0 fully saturated rings. The molecule has 4 nitrogen and oxygen atoms in total. The third-order valence-corrected chi connectivity index (χ3v) is 1.93. The number of hydrogen-bond donors (Lipinski definition) is 0. The number of rotatable bonds is 3. The van der Waals surface area contributed by atoms with Crippen LogP contribution in [-0.4, -0.2) is 19.6 Å². The highest BCUT2D eigenvalue weighted by molar-refractivity contribution is 6.29. The second kappa shape index (κ2) is 3.62. The molecule has 0 aliphatic heterocycles. The van der Waals surface area contributed by atoms with E-state index in [1.54, 1.807) is 16.9 Å². The summed E-state index contributed by atoms with van der Waals surface area (Å²) in [6.07, 6.45) is 5.53. The summed E-state index contributed by atoms with van der Waals surface area (Å²) in [5.74, 6) is 0. The highest BCUT2D eigenvalue weighted by atomic mass is 35.5. The fourth-order valence-corrected chi connectivity index (χ4v) is 1.25. The average molecular weight is 197 g/mol. The lowest BCUT2D eigenvalue weighted by molar-refractivity contribution is 0.500. The van der Waals surface area contributed by atoms with Crippen LogP contribution in [0.3, 0.4) is 0 Å². The Hall–Kier alpha value is -1.29. The first kappa shape index (κ1) is 8.31. The molecule has 0 N–H and O–H groups in total. The van der Waals surface area contributed by atoms with E-state index in [9.17, 15) is 0 Å². The molecule has 0 saturated carbocycles. The van der Waals surface area contributed by atoms with Gasteiger partial charge in [-0.1, -0.05) is 11.6 Å². The predicted octanol–water partition coefficient (Wildman–Crippen LogP) is 1.43. The van der Waals surface area contributed by atoms with Crippen LogP contribution in [0.25, 0.3) is 0 Å². The van der Waals surface area contributed by atoms with Gasteiger partial charge in [0.25, 0.3) is 0 Å². The SMILES string of the molecule is Clc1ccn(CCn2cccn2)n1. The van der Waals surface area contributed by atoms with Crippen molar-refractivity contribution in [3.05, 3.63) is 35.9 Å². The summed E-state index contributed by atoms with van der Waals surface area (Å²) in [7, 11) is 0. The van der Waals surface area contributed by atoms with Crippen LogP contribution in [0.15, 0.2) is 30.7 Å². The van der Waals surface area contributed by atoms with E-state index < -0.39 is 0 Å². The van der Waals surface area contributed by atoms with Crippen LogP contribution in [0.2, 0.25) is 5.15 Å². The van der Waals surface area contributed by atoms with Gasteiger partial charge in [-0.15, -0.1) is 0 Å². The molecule has 0 unspecified atom stereocenters. The van der Waals surface area contributed by atoms with Crippen LogP contribution < -0.4 is 0 Å². The summed E-state index contributed by atoms with van der Waals surface area (Å²) in [5, 5.41) is 8.66. The Bertz CT molecular complexity index is 365. The molecule has 0 aromatic carbocycles. The van der Waals surface area contributed by atoms with Crippen molar-refractivity contribution in [3.8, 4) is 0 Å². The van der Waals surface area contributed by atoms with Crippen molar-refractivity contribution in [3.63, 3.8) is 0 Å². The normalized spacial score (nSPS) is 10.5. The van der Waals surface area contributed by atoms with E-state index in [1.165, 1.54) is 0 Å². The average Bonchev–Trinajstić information content (AvgIpc) is 2.71. The van der Waals surface area contributed by atoms with Gasteiger partial charge in [-0.2, -0.15) is 10.2 Å². The zero-order valence-corrected chi connectivity index (χ0v) is 7.72. The minimum Gasteiger partial charge on any atom is -0.271 e. The minimum absolute atomic E-state index is 0.528. The van der Waals surface area contributed by atoms with Crippen molar-refractivity contribution < 1.29 is 0 Å². The first-order chi connectivity index (χ1) is 6.34. The Kier molecular flexibility index (Phi) is 2.31. The van der Waals surface area contributed by atoms with Gasteiger partial charge in [0.1, 0.15) is 0 Å². The summed E-state index contributed by atoms with van der Waals surface area (Å²) >= 11 is 5.67. The minimum atomic E-state index is 0.528. The van der Waals surface area contributed by atoms with E-state index in [4.69, 9.17) is 11.6 Å². The number of halogens is 1. The molecule has 2 aromatic rings. The number of aromatic nitrogens is 4. The van der Waals surface area contributed by atoms with E-state index in [0.29, 0.717) is 5.15 Å². The fraction of sp³-hybridized carbons (Fsp3) is 0.250. The molecular weight excluding hydrogens is 188 g/mol. The molecule has 0 saturated heterocycles. The van der Waals surface area contributed by atoms with Crippen molar-refractivity contribution in [2.24, 2.45) is 0 Å². The van der Waals surface area contributed by atoms with E-state index in [2.05, 4.69) is 10.2 Å². The van der Waals surface area contributed by atoms with Gasteiger partial charge in [-0.3, -0.25) is 9.36 Å². The molecule has 0 atom stereocenters. The Morgan fingerprint density at radius 1 is 1.23 bits per heavy atom. The Labute approximate surface area is 80.7 Å². The lowest BCUT2D eigenvalue weighted by Crippen LogP contribution is -2.07. The smallest absolute Gasteiger partial charge is 0.151 e. The molecule has 0 aliphatic rings. The van der Waals surface area contributed by atoms with Crippen LogP contribution in [0.5, 0.6) is 0 Å². The molecule has 2 aromatic heterocycles. The molecule has 13 heavy (non-hydrogen) atoms. The maximum Gasteiger partial charge on any atom is 0.151 e. The van der Waals surface area contributed by atoms with Gasteiger partial charge in [0.15, 0.2) is 5.15 Å². The van der Waals surface area contributed by atoms with E-state index in [-0.39, 0.29) is 0 Å². The summed E-state index contributed by atoms with van der Waals surface area (Å²) in [4.78, 5) is 0. The second-order valence-electron chi connectivity index (χ2n) is 2.67. The first-order valence-corrected chi connectivity index (χ1v) is 4.39. The standard InChI is InChI=1S/C8H9ClN4/c9-8-2-5-13(11-8)7-6-12-4-1-3-10-12/h1-5H,6-7H2. The second-order valence-corrected chi connectivity index (χ2v) is 3.06. The lowest BCUT2D eigenvalue weighted by atomic mass is 10.6. The Balaban J connectivity index is 1.93. The van der Waals surface area contributed by atoms with Crippen molar-refractivity contribution in [1.29, 1.82) is 0 Å². The Morgan fingerprint density at radius 2 is 2.08 bits per heavy atom. The third-order valence-electron chi connectivity index (χ3n) is 1.73. The van der Waals surface area contributed by atoms with Crippen molar-refractivity contribution in [2.45, 2.75) is 13.1 Å². The molecule has 0 radical (unpaired) electrons. The molecule has 0 aliphatic carbocycles. The van der Waals surface area contributed by atoms with Crippen LogP contribution in [0, 0.1) is 0 Å². The van der Waals surface area contributed by atoms with Crippen LogP contribution in [0.4, 0.5) is 0 Å². The molecule has 68 valence electrons. The van der Waals surface area contributed by atoms with Gasteiger partial charge in [0.2, 0.25) is 0 Å². The Morgan fingerprint density at radius 3 is 2.69 bits per heavy atom. The quantitative estimate of drug-likeness (QED) is 0.745. The number of aryl methyl sites for hydroxylation is 2. The van der Waals surface area contributed by atoms with Gasteiger partial charge in [0, 0.05) is 18.6 Å². The molecule has 5 heteroatoms. The summed E-state index contributed by atoms with van der Waals surface area (Å²) in [6.45, 7) is 1.60. The maximum absolute atomic E-state index is 5.67. The summed E-state index contributed by atoms with van der Waals surface area (Å²) in [6, 6.07) is 3.67. The van der Waals surface area contributed by atoms with E-state index in [0.717, 1.165) is 13.1 Å². The first-order valence-electron chi connectivity index (χ1n) is 4.01. The molecule has 2 rings (SSSR count). The molecule has 2 heterocycles. The highest BCUT2D eigenvalue weighted by Crippen LogP contribution is 2.02. The molecule has 0 bridgehead atoms. The van der Waals surface area contributed by atoms with Crippen LogP contribution in [0.1, 0.15) is 0 Å². The largest absolute Gasteiger partial charge is 0.271 e. The topological polar surface area (TPSA) is 35.6 Å². The summed E-state index contributed by atoms with van der Waals surface area (Å²) < 4.78 is 3.65. The maximum atomic E-state index is 5.67. The van der Waals surface area contributed by atoms with Gasteiger partial charge >= 0.3 is 0 Å². The van der Waals surface area contributed by atoms with Gasteiger partial charge < -0.3 is 0 Å². The van der Waals surface area contributed by atoms with E-state index >= 15 is 0 Å². The van der Waals surface area contributed by atoms with E-state index in [1.807, 2.05) is 23.1 Å². The zero-order chi connectivity index (χ0) is 9.10. The van der Waals surface area contributed by atoms with Crippen molar-refractivity contribution in [2.75, 3.05) is 0 Å². The highest BCUT2D eigenvalue weighted by Gasteiger charge is 1.95. The fourth-order valence-electron chi connectivity index (χ4n) is 1.10. The van der Waals surface area contributed by atoms with Gasteiger partial charge in [0.05, 0.1) is 13.1 Å². The molecular formula is C8H9ClN4. The number of hydrogen-bond acceptors (Lipinski definition) is 2. The lowest BCUT2D eigenvalue weighted by Gasteiger charge is -2.00. The van der Waals surface area contributed by atoms with Gasteiger partial charge in [-0.05, 0) is 12.1 Å². The molecule has 0 spiro atoms. The zero-order valence-electron chi connectivity index (χ0n) is 6.97. The van der Waals surface area contributed by atoms with Crippen molar-refractivity contribution in [1.82, 2.24) is 19.6 Å². The number of nitrogens with zero attached hydrogens (tertiary/aromatic N) is 4. The van der Waals surface area contributed by atoms with Crippen LogP contribution >= 0.6 is 11.6 Å². The van der Waals surface area contributed by atoms with Gasteiger partial charge in [-0.25, -0.2) is 0 Å². The molecule has 0 amide bonds. The monoisotopic (exact) mass is 196 g/mol. The van der Waals surface area contributed by atoms with Crippen molar-refractivity contribution >= 4 is 11.6 Å². The van der Waals surface area contributed by atoms with Crippen LogP contribution in [-0.2, 0) is 13.1 Å². The third kappa shape index (κ3) is 2.09. The summed E-state index contributed by atoms with van der Waals surface area (Å²) in [5.41, 5.74) is 0. The predicted molar refractivity (Wildman–Crippen MR) is 49.5 cm³/mol.